The lowest BCUT2D eigenvalue weighted by atomic mass is 10.1. The third-order valence-electron chi connectivity index (χ3n) is 3.37. The number of aryl methyl sites for hydroxylation is 1. The fraction of sp³-hybridized carbons (Fsp3) is 0.0667. The Bertz CT molecular complexity index is 781. The fourth-order valence-electron chi connectivity index (χ4n) is 2.27. The zero-order valence-electron chi connectivity index (χ0n) is 11.1. The number of imide groups is 1. The molecule has 0 aromatic heterocycles. The first-order chi connectivity index (χ1) is 9.99. The van der Waals surface area contributed by atoms with Crippen LogP contribution in [0.15, 0.2) is 42.5 Å². The number of benzene rings is 2. The number of carbonyl (C=O) groups is 2. The average molecular weight is 282 g/mol. The molecule has 6 nitrogen and oxygen atoms in total. The van der Waals surface area contributed by atoms with E-state index < -0.39 is 16.7 Å². The molecule has 0 spiro atoms. The molecular formula is C15H10N2O4. The highest BCUT2D eigenvalue weighted by Crippen LogP contribution is 2.30. The van der Waals surface area contributed by atoms with Crippen molar-refractivity contribution >= 4 is 23.2 Å². The highest BCUT2D eigenvalue weighted by atomic mass is 16.6. The maximum absolute atomic E-state index is 12.3. The van der Waals surface area contributed by atoms with Crippen LogP contribution in [0.5, 0.6) is 0 Å². The summed E-state index contributed by atoms with van der Waals surface area (Å²) in [5.41, 5.74) is 1.50. The van der Waals surface area contributed by atoms with E-state index in [4.69, 9.17) is 0 Å². The Morgan fingerprint density at radius 3 is 2.19 bits per heavy atom. The van der Waals surface area contributed by atoms with Crippen LogP contribution in [0.1, 0.15) is 26.3 Å². The lowest BCUT2D eigenvalue weighted by Crippen LogP contribution is -2.29. The molecule has 2 amide bonds. The van der Waals surface area contributed by atoms with Crippen LogP contribution in [-0.2, 0) is 0 Å². The van der Waals surface area contributed by atoms with E-state index >= 15 is 0 Å². The first kappa shape index (κ1) is 13.0. The highest BCUT2D eigenvalue weighted by molar-refractivity contribution is 6.34. The topological polar surface area (TPSA) is 80.5 Å². The van der Waals surface area contributed by atoms with Crippen molar-refractivity contribution < 1.29 is 14.5 Å². The monoisotopic (exact) mass is 282 g/mol. The molecule has 21 heavy (non-hydrogen) atoms. The smallest absolute Gasteiger partial charge is 0.268 e. The van der Waals surface area contributed by atoms with E-state index in [1.807, 2.05) is 6.92 Å². The normalized spacial score (nSPS) is 13.5. The summed E-state index contributed by atoms with van der Waals surface area (Å²) >= 11 is 0. The third kappa shape index (κ3) is 1.97. The molecular weight excluding hydrogens is 272 g/mol. The van der Waals surface area contributed by atoms with Crippen molar-refractivity contribution in [3.05, 3.63) is 69.3 Å². The van der Waals surface area contributed by atoms with E-state index in [1.165, 1.54) is 12.1 Å². The van der Waals surface area contributed by atoms with Gasteiger partial charge in [-0.25, -0.2) is 4.90 Å². The minimum atomic E-state index is -0.591. The molecule has 0 bridgehead atoms. The highest BCUT2D eigenvalue weighted by Gasteiger charge is 2.37. The SMILES string of the molecule is Cc1ccc(N2C(=O)c3ccc([N+](=O)[O-])cc3C2=O)cc1. The first-order valence-corrected chi connectivity index (χ1v) is 6.23. The first-order valence-electron chi connectivity index (χ1n) is 6.23. The molecule has 0 unspecified atom stereocenters. The second kappa shape index (κ2) is 4.52. The molecule has 0 saturated carbocycles. The van der Waals surface area contributed by atoms with Gasteiger partial charge in [0, 0.05) is 12.1 Å². The summed E-state index contributed by atoms with van der Waals surface area (Å²) < 4.78 is 0. The molecule has 0 N–H and O–H groups in total. The molecule has 0 atom stereocenters. The van der Waals surface area contributed by atoms with E-state index in [2.05, 4.69) is 0 Å². The molecule has 0 aliphatic carbocycles. The number of non-ortho nitro benzene ring substituents is 1. The number of carbonyl (C=O) groups excluding carboxylic acids is 2. The Morgan fingerprint density at radius 1 is 0.952 bits per heavy atom. The van der Waals surface area contributed by atoms with Crippen LogP contribution in [0.25, 0.3) is 0 Å². The van der Waals surface area contributed by atoms with Crippen molar-refractivity contribution in [2.24, 2.45) is 0 Å². The van der Waals surface area contributed by atoms with Gasteiger partial charge < -0.3 is 0 Å². The van der Waals surface area contributed by atoms with Crippen LogP contribution < -0.4 is 4.90 Å². The Kier molecular flexibility index (Phi) is 2.79. The Labute approximate surface area is 119 Å². The van der Waals surface area contributed by atoms with Gasteiger partial charge >= 0.3 is 0 Å². The quantitative estimate of drug-likeness (QED) is 0.482. The van der Waals surface area contributed by atoms with Crippen LogP contribution in [0, 0.1) is 17.0 Å². The van der Waals surface area contributed by atoms with Crippen molar-refractivity contribution in [3.63, 3.8) is 0 Å². The number of hydrogen-bond acceptors (Lipinski definition) is 4. The molecule has 0 saturated heterocycles. The van der Waals surface area contributed by atoms with E-state index in [0.29, 0.717) is 5.69 Å². The molecule has 104 valence electrons. The van der Waals surface area contributed by atoms with E-state index in [-0.39, 0.29) is 16.8 Å². The van der Waals surface area contributed by atoms with Gasteiger partial charge in [-0.1, -0.05) is 17.7 Å². The number of hydrogen-bond donors (Lipinski definition) is 0. The van der Waals surface area contributed by atoms with Crippen molar-refractivity contribution in [1.29, 1.82) is 0 Å². The third-order valence-corrected chi connectivity index (χ3v) is 3.37. The molecule has 1 aliphatic heterocycles. The Balaban J connectivity index is 2.08. The van der Waals surface area contributed by atoms with Crippen molar-refractivity contribution in [2.45, 2.75) is 6.92 Å². The number of rotatable bonds is 2. The molecule has 0 radical (unpaired) electrons. The van der Waals surface area contributed by atoms with Gasteiger partial charge in [-0.15, -0.1) is 0 Å². The minimum Gasteiger partial charge on any atom is -0.268 e. The maximum atomic E-state index is 12.3. The number of nitro benzene ring substituents is 1. The van der Waals surface area contributed by atoms with Crippen LogP contribution in [0.2, 0.25) is 0 Å². The van der Waals surface area contributed by atoms with Crippen LogP contribution >= 0.6 is 0 Å². The molecule has 0 fully saturated rings. The van der Waals surface area contributed by atoms with Gasteiger partial charge in [0.25, 0.3) is 17.5 Å². The van der Waals surface area contributed by atoms with Crippen LogP contribution in [0.4, 0.5) is 11.4 Å². The summed E-state index contributed by atoms with van der Waals surface area (Å²) in [5.74, 6) is -1.00. The van der Waals surface area contributed by atoms with E-state index in [9.17, 15) is 19.7 Å². The zero-order valence-corrected chi connectivity index (χ0v) is 11.1. The van der Waals surface area contributed by atoms with Gasteiger partial charge in [0.15, 0.2) is 0 Å². The molecule has 2 aromatic carbocycles. The van der Waals surface area contributed by atoms with Crippen molar-refractivity contribution in [1.82, 2.24) is 0 Å². The molecule has 3 rings (SSSR count). The minimum absolute atomic E-state index is 0.0646. The summed E-state index contributed by atoms with van der Waals surface area (Å²) in [6, 6.07) is 10.6. The molecule has 1 aliphatic rings. The predicted molar refractivity (Wildman–Crippen MR) is 75.4 cm³/mol. The molecule has 1 heterocycles. The number of nitro groups is 1. The van der Waals surface area contributed by atoms with Gasteiger partial charge in [0.2, 0.25) is 0 Å². The zero-order chi connectivity index (χ0) is 15.1. The van der Waals surface area contributed by atoms with Crippen LogP contribution in [-0.4, -0.2) is 16.7 Å². The lowest BCUT2D eigenvalue weighted by molar-refractivity contribution is -0.384. The summed E-state index contributed by atoms with van der Waals surface area (Å²) in [7, 11) is 0. The Hall–Kier alpha value is -3.02. The van der Waals surface area contributed by atoms with Gasteiger partial charge in [-0.05, 0) is 25.1 Å². The number of nitrogens with zero attached hydrogens (tertiary/aromatic N) is 2. The van der Waals surface area contributed by atoms with Crippen LogP contribution in [0.3, 0.4) is 0 Å². The van der Waals surface area contributed by atoms with Crippen molar-refractivity contribution in [2.75, 3.05) is 4.90 Å². The van der Waals surface area contributed by atoms with Gasteiger partial charge in [-0.3, -0.25) is 19.7 Å². The molecule has 2 aromatic rings. The second-order valence-electron chi connectivity index (χ2n) is 4.77. The fourth-order valence-corrected chi connectivity index (χ4v) is 2.27. The molecule has 6 heteroatoms. The number of fused-ring (bicyclic) bond motifs is 1. The van der Waals surface area contributed by atoms with Crippen molar-refractivity contribution in [3.8, 4) is 0 Å². The number of anilines is 1. The van der Waals surface area contributed by atoms with Gasteiger partial charge in [0.1, 0.15) is 0 Å². The average Bonchev–Trinajstić information content (AvgIpc) is 2.72. The summed E-state index contributed by atoms with van der Waals surface area (Å²) in [5, 5.41) is 10.8. The number of amides is 2. The largest absolute Gasteiger partial charge is 0.270 e. The van der Waals surface area contributed by atoms with E-state index in [1.54, 1.807) is 24.3 Å². The lowest BCUT2D eigenvalue weighted by Gasteiger charge is -2.13. The van der Waals surface area contributed by atoms with Gasteiger partial charge in [0.05, 0.1) is 21.7 Å². The Morgan fingerprint density at radius 2 is 1.57 bits per heavy atom. The summed E-state index contributed by atoms with van der Waals surface area (Å²) in [4.78, 5) is 35.9. The van der Waals surface area contributed by atoms with E-state index in [0.717, 1.165) is 16.5 Å². The second-order valence-corrected chi connectivity index (χ2v) is 4.77. The standard InChI is InChI=1S/C15H10N2O4/c1-9-2-4-10(5-3-9)16-14(18)12-7-6-11(17(20)21)8-13(12)15(16)19/h2-8H,1H3. The van der Waals surface area contributed by atoms with Gasteiger partial charge in [-0.2, -0.15) is 0 Å². The summed E-state index contributed by atoms with van der Waals surface area (Å²) in [6.45, 7) is 1.90. The predicted octanol–water partition coefficient (Wildman–Crippen LogP) is 2.70. The summed E-state index contributed by atoms with van der Waals surface area (Å²) in [6.07, 6.45) is 0. The maximum Gasteiger partial charge on any atom is 0.270 e.